The molecule has 0 bridgehead atoms. The molecule has 6 nitrogen and oxygen atoms in total. The van der Waals surface area contributed by atoms with Crippen molar-refractivity contribution >= 4 is 19.9 Å². The van der Waals surface area contributed by atoms with Gasteiger partial charge in [0, 0.05) is 0 Å². The molecule has 1 rings (SSSR count). The molecular formula is C8H12AsN3O3. The molecule has 15 heavy (non-hydrogen) atoms. The third-order valence-electron chi connectivity index (χ3n) is 1.46. The van der Waals surface area contributed by atoms with Gasteiger partial charge in [-0.15, -0.1) is 0 Å². The summed E-state index contributed by atoms with van der Waals surface area (Å²) in [6.07, 6.45) is 0. The topological polar surface area (TPSA) is 85.5 Å². The van der Waals surface area contributed by atoms with Crippen LogP contribution in [0.1, 0.15) is 0 Å². The van der Waals surface area contributed by atoms with E-state index in [0.717, 1.165) is 5.01 Å². The van der Waals surface area contributed by atoms with Gasteiger partial charge in [-0.05, 0) is 0 Å². The third-order valence-corrected chi connectivity index (χ3v) is 3.09. The van der Waals surface area contributed by atoms with Crippen LogP contribution in [0.25, 0.3) is 0 Å². The van der Waals surface area contributed by atoms with Crippen LogP contribution < -0.4 is 0 Å². The van der Waals surface area contributed by atoms with E-state index in [4.69, 9.17) is 8.19 Å². The van der Waals surface area contributed by atoms with E-state index >= 15 is 0 Å². The summed E-state index contributed by atoms with van der Waals surface area (Å²) in [6, 6.07) is 8.96. The molecule has 0 aliphatic heterocycles. The van der Waals surface area contributed by atoms with Crippen molar-refractivity contribution in [1.82, 2.24) is 5.01 Å². The normalized spacial score (nSPS) is 11.9. The zero-order valence-corrected chi connectivity index (χ0v) is 10.1. The van der Waals surface area contributed by atoms with Crippen molar-refractivity contribution in [2.45, 2.75) is 0 Å². The first-order valence-corrected chi connectivity index (χ1v) is 7.97. The van der Waals surface area contributed by atoms with Crippen molar-refractivity contribution in [3.8, 4) is 0 Å². The molecule has 0 fully saturated rings. The average Bonchev–Trinajstić information content (AvgIpc) is 2.14. The Kier molecular flexibility index (Phi) is 4.08. The van der Waals surface area contributed by atoms with Crippen LogP contribution >= 0.6 is 0 Å². The van der Waals surface area contributed by atoms with Crippen LogP contribution in [0.2, 0.25) is 0 Å². The Labute approximate surface area is 90.2 Å². The Morgan fingerprint density at radius 3 is 2.47 bits per heavy atom. The Morgan fingerprint density at radius 1 is 1.33 bits per heavy atom. The number of nitrogens with zero attached hydrogens (tertiary/aromatic N) is 3. The van der Waals surface area contributed by atoms with E-state index < -0.39 is 14.2 Å². The molecule has 0 aliphatic carbocycles. The van der Waals surface area contributed by atoms with Gasteiger partial charge in [-0.1, -0.05) is 0 Å². The summed E-state index contributed by atoms with van der Waals surface area (Å²) in [5, 5.41) is 8.22. The molecule has 0 aromatic heterocycles. The van der Waals surface area contributed by atoms with Crippen LogP contribution in [-0.2, 0) is 3.74 Å². The SMILES string of the molecule is CN(C[As](=O)(O)O)N=Nc1ccccc1. The maximum atomic E-state index is 10.7. The Morgan fingerprint density at radius 2 is 1.93 bits per heavy atom. The van der Waals surface area contributed by atoms with E-state index in [1.54, 1.807) is 24.3 Å². The van der Waals surface area contributed by atoms with E-state index in [0.29, 0.717) is 5.69 Å². The summed E-state index contributed by atoms with van der Waals surface area (Å²) < 4.78 is 28.1. The van der Waals surface area contributed by atoms with E-state index in [1.807, 2.05) is 6.07 Å². The zero-order chi connectivity index (χ0) is 11.3. The minimum absolute atomic E-state index is 0.380. The summed E-state index contributed by atoms with van der Waals surface area (Å²) in [6.45, 7) is 0. The van der Waals surface area contributed by atoms with Gasteiger partial charge in [-0.25, -0.2) is 0 Å². The minimum atomic E-state index is -4.65. The van der Waals surface area contributed by atoms with Gasteiger partial charge in [0.25, 0.3) is 0 Å². The van der Waals surface area contributed by atoms with E-state index in [1.165, 1.54) is 7.05 Å². The van der Waals surface area contributed by atoms with Gasteiger partial charge in [-0.3, -0.25) is 0 Å². The fraction of sp³-hybridized carbons (Fsp3) is 0.250. The summed E-state index contributed by atoms with van der Waals surface area (Å²) in [4.78, 5) is 0. The van der Waals surface area contributed by atoms with Crippen molar-refractivity contribution in [1.29, 1.82) is 0 Å². The van der Waals surface area contributed by atoms with Gasteiger partial charge in [0.1, 0.15) is 0 Å². The van der Waals surface area contributed by atoms with Crippen LogP contribution in [0.4, 0.5) is 5.69 Å². The molecule has 0 atom stereocenters. The first kappa shape index (κ1) is 12.0. The van der Waals surface area contributed by atoms with Crippen LogP contribution in [0.15, 0.2) is 40.7 Å². The molecule has 1 aromatic rings. The van der Waals surface area contributed by atoms with Crippen LogP contribution in [0, 0.1) is 0 Å². The molecule has 82 valence electrons. The second-order valence-electron chi connectivity index (χ2n) is 2.99. The monoisotopic (exact) mass is 273 g/mol. The molecule has 0 amide bonds. The van der Waals surface area contributed by atoms with Gasteiger partial charge < -0.3 is 0 Å². The summed E-state index contributed by atoms with van der Waals surface area (Å²) in [5.74, 6) is 0. The van der Waals surface area contributed by atoms with E-state index in [2.05, 4.69) is 10.3 Å². The number of rotatable bonds is 4. The molecule has 0 heterocycles. The number of hydrogen-bond acceptors (Lipinski definition) is 3. The molecule has 0 unspecified atom stereocenters. The van der Waals surface area contributed by atoms with Crippen molar-refractivity contribution in [3.05, 3.63) is 30.3 Å². The second-order valence-corrected chi connectivity index (χ2v) is 6.37. The van der Waals surface area contributed by atoms with Crippen molar-refractivity contribution < 1.29 is 11.9 Å². The van der Waals surface area contributed by atoms with E-state index in [-0.39, 0.29) is 5.33 Å². The Balaban J connectivity index is 2.55. The molecule has 0 spiro atoms. The van der Waals surface area contributed by atoms with Gasteiger partial charge >= 0.3 is 89.8 Å². The van der Waals surface area contributed by atoms with Gasteiger partial charge in [0.05, 0.1) is 0 Å². The Hall–Kier alpha value is -1.10. The first-order chi connectivity index (χ1) is 6.97. The fourth-order valence-electron chi connectivity index (χ4n) is 0.918. The fourth-order valence-corrected chi connectivity index (χ4v) is 2.15. The summed E-state index contributed by atoms with van der Waals surface area (Å²) >= 11 is -4.65. The standard InChI is InChI=1S/C8H12AsN3O3/c1-12(7-9(13,14)15)11-10-8-5-3-2-4-6-8/h2-6H,7H2,1H3,(H2,13,14,15). The van der Waals surface area contributed by atoms with Crippen LogP contribution in [0.5, 0.6) is 0 Å². The molecule has 0 aliphatic rings. The first-order valence-electron chi connectivity index (χ1n) is 4.20. The summed E-state index contributed by atoms with van der Waals surface area (Å²) in [5.41, 5.74) is 0.641. The predicted molar refractivity (Wildman–Crippen MR) is 54.5 cm³/mol. The molecule has 0 radical (unpaired) electrons. The van der Waals surface area contributed by atoms with Gasteiger partial charge in [-0.2, -0.15) is 0 Å². The Bertz CT molecular complexity index is 376. The average molecular weight is 273 g/mol. The summed E-state index contributed by atoms with van der Waals surface area (Å²) in [7, 11) is 1.47. The van der Waals surface area contributed by atoms with Gasteiger partial charge in [0.15, 0.2) is 0 Å². The maximum absolute atomic E-state index is 10.7. The zero-order valence-electron chi connectivity index (χ0n) is 8.19. The van der Waals surface area contributed by atoms with Crippen LogP contribution in [0.3, 0.4) is 0 Å². The molecule has 2 N–H and O–H groups in total. The molecular weight excluding hydrogens is 261 g/mol. The third kappa shape index (κ3) is 5.37. The van der Waals surface area contributed by atoms with Crippen molar-refractivity contribution in [3.63, 3.8) is 0 Å². The molecule has 1 aromatic carbocycles. The molecule has 7 heteroatoms. The quantitative estimate of drug-likeness (QED) is 0.475. The second kappa shape index (κ2) is 5.11. The van der Waals surface area contributed by atoms with Crippen LogP contribution in [-0.4, -0.2) is 39.8 Å². The van der Waals surface area contributed by atoms with E-state index in [9.17, 15) is 3.74 Å². The number of hydrogen-bond donors (Lipinski definition) is 2. The van der Waals surface area contributed by atoms with Crippen molar-refractivity contribution in [2.75, 3.05) is 12.4 Å². The predicted octanol–water partition coefficient (Wildman–Crippen LogP) is 0.510. The number of benzene rings is 1. The molecule has 0 saturated carbocycles. The molecule has 0 saturated heterocycles. The van der Waals surface area contributed by atoms with Crippen molar-refractivity contribution in [2.24, 2.45) is 10.3 Å². The van der Waals surface area contributed by atoms with Gasteiger partial charge in [0.2, 0.25) is 0 Å².